The Hall–Kier alpha value is -1.37. The fourth-order valence-electron chi connectivity index (χ4n) is 1.36. The molecule has 1 atom stereocenters. The Bertz CT molecular complexity index is 324. The molecule has 3 heteroatoms. The average molecular weight is 203 g/mol. The lowest BCUT2D eigenvalue weighted by Gasteiger charge is -2.12. The Kier molecular flexibility index (Phi) is 5.46. The first-order chi connectivity index (χ1) is 7.36. The molecule has 1 heterocycles. The SMILES string of the molecule is CC#CCC(CCc1cccnc1)NN. The van der Waals surface area contributed by atoms with Crippen molar-refractivity contribution in [2.75, 3.05) is 0 Å². The van der Waals surface area contributed by atoms with Crippen LogP contribution in [0.2, 0.25) is 0 Å². The maximum absolute atomic E-state index is 5.44. The van der Waals surface area contributed by atoms with E-state index in [9.17, 15) is 0 Å². The minimum absolute atomic E-state index is 0.262. The number of pyridine rings is 1. The topological polar surface area (TPSA) is 50.9 Å². The quantitative estimate of drug-likeness (QED) is 0.430. The minimum Gasteiger partial charge on any atom is -0.271 e. The van der Waals surface area contributed by atoms with E-state index in [2.05, 4.69) is 28.3 Å². The third-order valence-electron chi connectivity index (χ3n) is 2.27. The third kappa shape index (κ3) is 4.59. The third-order valence-corrected chi connectivity index (χ3v) is 2.27. The van der Waals surface area contributed by atoms with Crippen molar-refractivity contribution < 1.29 is 0 Å². The Balaban J connectivity index is 2.36. The van der Waals surface area contributed by atoms with Crippen molar-refractivity contribution in [3.05, 3.63) is 30.1 Å². The number of hydrazine groups is 1. The number of nitrogens with one attached hydrogen (secondary N) is 1. The zero-order chi connectivity index (χ0) is 10.9. The van der Waals surface area contributed by atoms with Crippen LogP contribution in [0, 0.1) is 11.8 Å². The fourth-order valence-corrected chi connectivity index (χ4v) is 1.36. The van der Waals surface area contributed by atoms with E-state index < -0.39 is 0 Å². The first kappa shape index (κ1) is 11.7. The van der Waals surface area contributed by atoms with Crippen LogP contribution in [-0.4, -0.2) is 11.0 Å². The highest BCUT2D eigenvalue weighted by atomic mass is 15.2. The highest BCUT2D eigenvalue weighted by molar-refractivity contribution is 5.09. The molecule has 1 aromatic heterocycles. The van der Waals surface area contributed by atoms with E-state index in [-0.39, 0.29) is 6.04 Å². The van der Waals surface area contributed by atoms with Crippen LogP contribution in [0.1, 0.15) is 25.3 Å². The standard InChI is InChI=1S/C12H17N3/c1-2-3-6-12(15-13)8-7-11-5-4-9-14-10-11/h4-5,9-10,12,15H,6-8,13H2,1H3. The van der Waals surface area contributed by atoms with Crippen LogP contribution in [0.25, 0.3) is 0 Å². The Labute approximate surface area is 91.1 Å². The summed E-state index contributed by atoms with van der Waals surface area (Å²) in [6.07, 6.45) is 6.43. The van der Waals surface area contributed by atoms with E-state index in [1.165, 1.54) is 5.56 Å². The Morgan fingerprint density at radius 1 is 1.60 bits per heavy atom. The molecule has 0 aliphatic carbocycles. The molecule has 0 saturated heterocycles. The molecule has 0 radical (unpaired) electrons. The van der Waals surface area contributed by atoms with Gasteiger partial charge in [-0.05, 0) is 31.4 Å². The van der Waals surface area contributed by atoms with Crippen molar-refractivity contribution in [1.82, 2.24) is 10.4 Å². The van der Waals surface area contributed by atoms with Crippen LogP contribution < -0.4 is 11.3 Å². The average Bonchev–Trinajstić information content (AvgIpc) is 2.31. The van der Waals surface area contributed by atoms with E-state index in [0.29, 0.717) is 0 Å². The lowest BCUT2D eigenvalue weighted by molar-refractivity contribution is 0.503. The van der Waals surface area contributed by atoms with Gasteiger partial charge in [0.05, 0.1) is 0 Å². The largest absolute Gasteiger partial charge is 0.271 e. The van der Waals surface area contributed by atoms with Crippen LogP contribution in [-0.2, 0) is 6.42 Å². The predicted molar refractivity (Wildman–Crippen MR) is 61.7 cm³/mol. The van der Waals surface area contributed by atoms with E-state index >= 15 is 0 Å². The van der Waals surface area contributed by atoms with E-state index in [0.717, 1.165) is 19.3 Å². The molecule has 80 valence electrons. The molecule has 0 bridgehead atoms. The van der Waals surface area contributed by atoms with E-state index in [1.54, 1.807) is 6.20 Å². The second-order valence-corrected chi connectivity index (χ2v) is 3.39. The monoisotopic (exact) mass is 203 g/mol. The predicted octanol–water partition coefficient (Wildman–Crippen LogP) is 1.26. The van der Waals surface area contributed by atoms with Gasteiger partial charge in [-0.25, -0.2) is 0 Å². The first-order valence-electron chi connectivity index (χ1n) is 5.11. The maximum Gasteiger partial charge on any atom is 0.0323 e. The summed E-state index contributed by atoms with van der Waals surface area (Å²) < 4.78 is 0. The Morgan fingerprint density at radius 2 is 2.47 bits per heavy atom. The first-order valence-corrected chi connectivity index (χ1v) is 5.11. The molecule has 0 aromatic carbocycles. The molecule has 0 saturated carbocycles. The lowest BCUT2D eigenvalue weighted by atomic mass is 10.1. The molecule has 0 amide bonds. The molecular formula is C12H17N3. The van der Waals surface area contributed by atoms with E-state index in [1.807, 2.05) is 19.2 Å². The van der Waals surface area contributed by atoms with E-state index in [4.69, 9.17) is 5.84 Å². The van der Waals surface area contributed by atoms with Crippen molar-refractivity contribution in [3.8, 4) is 11.8 Å². The zero-order valence-electron chi connectivity index (χ0n) is 9.03. The minimum atomic E-state index is 0.262. The van der Waals surface area contributed by atoms with Gasteiger partial charge in [-0.15, -0.1) is 11.8 Å². The number of hydrogen-bond acceptors (Lipinski definition) is 3. The Morgan fingerprint density at radius 3 is 3.07 bits per heavy atom. The summed E-state index contributed by atoms with van der Waals surface area (Å²) in [6, 6.07) is 4.29. The normalized spacial score (nSPS) is 11.6. The zero-order valence-corrected chi connectivity index (χ0v) is 9.03. The number of hydrogen-bond donors (Lipinski definition) is 2. The van der Waals surface area contributed by atoms with Gasteiger partial charge in [0.25, 0.3) is 0 Å². The molecule has 0 aliphatic heterocycles. The van der Waals surface area contributed by atoms with Crippen molar-refractivity contribution in [2.45, 2.75) is 32.2 Å². The van der Waals surface area contributed by atoms with Gasteiger partial charge in [-0.2, -0.15) is 0 Å². The van der Waals surface area contributed by atoms with Crippen molar-refractivity contribution >= 4 is 0 Å². The van der Waals surface area contributed by atoms with Gasteiger partial charge in [0.2, 0.25) is 0 Å². The van der Waals surface area contributed by atoms with Gasteiger partial charge in [0.1, 0.15) is 0 Å². The summed E-state index contributed by atoms with van der Waals surface area (Å²) in [5.74, 6) is 11.3. The molecule has 1 unspecified atom stereocenters. The fraction of sp³-hybridized carbons (Fsp3) is 0.417. The highest BCUT2D eigenvalue weighted by Crippen LogP contribution is 2.04. The van der Waals surface area contributed by atoms with Gasteiger partial charge < -0.3 is 0 Å². The van der Waals surface area contributed by atoms with Gasteiger partial charge in [0, 0.05) is 24.9 Å². The maximum atomic E-state index is 5.44. The van der Waals surface area contributed by atoms with Gasteiger partial charge in [-0.1, -0.05) is 6.07 Å². The number of aryl methyl sites for hydroxylation is 1. The molecule has 0 spiro atoms. The number of rotatable bonds is 5. The van der Waals surface area contributed by atoms with Crippen LogP contribution >= 0.6 is 0 Å². The summed E-state index contributed by atoms with van der Waals surface area (Å²) in [6.45, 7) is 1.84. The van der Waals surface area contributed by atoms with Crippen molar-refractivity contribution in [3.63, 3.8) is 0 Å². The summed E-state index contributed by atoms with van der Waals surface area (Å²) in [4.78, 5) is 4.07. The van der Waals surface area contributed by atoms with Gasteiger partial charge >= 0.3 is 0 Å². The smallest absolute Gasteiger partial charge is 0.0323 e. The van der Waals surface area contributed by atoms with Gasteiger partial charge in [0.15, 0.2) is 0 Å². The van der Waals surface area contributed by atoms with Crippen LogP contribution in [0.3, 0.4) is 0 Å². The molecule has 15 heavy (non-hydrogen) atoms. The lowest BCUT2D eigenvalue weighted by Crippen LogP contribution is -2.35. The number of nitrogens with two attached hydrogens (primary N) is 1. The van der Waals surface area contributed by atoms with Gasteiger partial charge in [-0.3, -0.25) is 16.3 Å². The summed E-state index contributed by atoms with van der Waals surface area (Å²) >= 11 is 0. The molecule has 1 aromatic rings. The van der Waals surface area contributed by atoms with Crippen molar-refractivity contribution in [1.29, 1.82) is 0 Å². The molecule has 0 aliphatic rings. The van der Waals surface area contributed by atoms with Crippen molar-refractivity contribution in [2.24, 2.45) is 5.84 Å². The molecule has 0 fully saturated rings. The number of nitrogens with zero attached hydrogens (tertiary/aromatic N) is 1. The molecule has 1 rings (SSSR count). The summed E-state index contributed by atoms with van der Waals surface area (Å²) in [5, 5.41) is 0. The van der Waals surface area contributed by atoms with Crippen LogP contribution in [0.15, 0.2) is 24.5 Å². The molecule has 3 N–H and O–H groups in total. The second kappa shape index (κ2) is 6.99. The van der Waals surface area contributed by atoms with Crippen LogP contribution in [0.4, 0.5) is 0 Å². The van der Waals surface area contributed by atoms with Crippen LogP contribution in [0.5, 0.6) is 0 Å². The number of aromatic nitrogens is 1. The molecular weight excluding hydrogens is 186 g/mol. The summed E-state index contributed by atoms with van der Waals surface area (Å²) in [5.41, 5.74) is 4.02. The molecule has 3 nitrogen and oxygen atoms in total. The highest BCUT2D eigenvalue weighted by Gasteiger charge is 2.04. The second-order valence-electron chi connectivity index (χ2n) is 3.39. The summed E-state index contributed by atoms with van der Waals surface area (Å²) in [7, 11) is 0.